The lowest BCUT2D eigenvalue weighted by Crippen LogP contribution is -2.54. The van der Waals surface area contributed by atoms with Gasteiger partial charge in [-0.3, -0.25) is 19.4 Å². The fraction of sp³-hybridized carbons (Fsp3) is 0.364. The number of halogens is 2. The van der Waals surface area contributed by atoms with Gasteiger partial charge in [-0.25, -0.2) is 4.39 Å². The Morgan fingerprint density at radius 3 is 2.47 bits per heavy atom. The molecule has 1 aliphatic heterocycles. The summed E-state index contributed by atoms with van der Waals surface area (Å²) >= 11 is 5.87. The van der Waals surface area contributed by atoms with Gasteiger partial charge in [-0.2, -0.15) is 0 Å². The van der Waals surface area contributed by atoms with Gasteiger partial charge in [0.1, 0.15) is 5.82 Å². The summed E-state index contributed by atoms with van der Waals surface area (Å²) in [5.41, 5.74) is 1.44. The average Bonchev–Trinajstić information content (AvgIpc) is 2.73. The summed E-state index contributed by atoms with van der Waals surface area (Å²) in [4.78, 5) is 28.8. The maximum atomic E-state index is 13.3. The van der Waals surface area contributed by atoms with Gasteiger partial charge >= 0.3 is 0 Å². The van der Waals surface area contributed by atoms with Crippen molar-refractivity contribution in [1.29, 1.82) is 0 Å². The lowest BCUT2D eigenvalue weighted by Gasteiger charge is -2.37. The quantitative estimate of drug-likeness (QED) is 0.706. The zero-order valence-electron chi connectivity index (χ0n) is 16.9. The molecule has 0 radical (unpaired) electrons. The molecule has 2 aromatic carbocycles. The number of anilines is 1. The molecule has 1 aliphatic rings. The Labute approximate surface area is 181 Å². The van der Waals surface area contributed by atoms with Crippen LogP contribution in [-0.4, -0.2) is 60.4 Å². The molecular weight excluding hydrogens is 407 g/mol. The largest absolute Gasteiger partial charge is 0.351 e. The average molecular weight is 433 g/mol. The Bertz CT molecular complexity index is 870. The first-order valence-corrected chi connectivity index (χ1v) is 10.3. The molecule has 160 valence electrons. The molecule has 2 N–H and O–H groups in total. The molecule has 3 rings (SSSR count). The van der Waals surface area contributed by atoms with Crippen molar-refractivity contribution >= 4 is 29.1 Å². The van der Waals surface area contributed by atoms with Crippen LogP contribution >= 0.6 is 11.6 Å². The maximum absolute atomic E-state index is 13.3. The highest BCUT2D eigenvalue weighted by molar-refractivity contribution is 6.30. The van der Waals surface area contributed by atoms with Gasteiger partial charge in [0.2, 0.25) is 11.8 Å². The number of rotatable bonds is 7. The summed E-state index contributed by atoms with van der Waals surface area (Å²) in [6, 6.07) is 12.9. The van der Waals surface area contributed by atoms with Gasteiger partial charge in [-0.15, -0.1) is 0 Å². The number of nitrogens with zero attached hydrogens (tertiary/aromatic N) is 2. The number of benzene rings is 2. The van der Waals surface area contributed by atoms with E-state index >= 15 is 0 Å². The Hall–Kier alpha value is -2.48. The Balaban J connectivity index is 1.39. The predicted molar refractivity (Wildman–Crippen MR) is 116 cm³/mol. The number of hydrogen-bond acceptors (Lipinski definition) is 4. The second kappa shape index (κ2) is 10.5. The molecule has 30 heavy (non-hydrogen) atoms. The molecule has 0 bridgehead atoms. The topological polar surface area (TPSA) is 64.7 Å². The highest BCUT2D eigenvalue weighted by atomic mass is 35.5. The fourth-order valence-corrected chi connectivity index (χ4v) is 3.48. The van der Waals surface area contributed by atoms with Gasteiger partial charge in [0.25, 0.3) is 0 Å². The van der Waals surface area contributed by atoms with E-state index in [1.807, 2.05) is 19.1 Å². The Morgan fingerprint density at radius 1 is 1.10 bits per heavy atom. The number of carbonyl (C=O) groups excluding carboxylic acids is 2. The van der Waals surface area contributed by atoms with Crippen LogP contribution in [0.4, 0.5) is 10.1 Å². The summed E-state index contributed by atoms with van der Waals surface area (Å²) in [6.45, 7) is 5.39. The number of carbonyl (C=O) groups is 2. The standard InChI is InChI=1S/C22H26ClFN4O2/c1-16(22(30)26-20-4-2-3-19(24)13-20)28-11-9-27(10-12-28)15-21(29)25-14-17-5-7-18(23)8-6-17/h2-8,13,16H,9-12,14-15H2,1H3,(H,25,29)(H,26,30). The number of amides is 2. The van der Waals surface area contributed by atoms with Crippen LogP contribution in [0.5, 0.6) is 0 Å². The maximum Gasteiger partial charge on any atom is 0.241 e. The predicted octanol–water partition coefficient (Wildman–Crippen LogP) is 2.74. The molecule has 8 heteroatoms. The van der Waals surface area contributed by atoms with E-state index in [0.717, 1.165) is 5.56 Å². The first-order chi connectivity index (χ1) is 14.4. The van der Waals surface area contributed by atoms with Crippen molar-refractivity contribution < 1.29 is 14.0 Å². The summed E-state index contributed by atoms with van der Waals surface area (Å²) in [7, 11) is 0. The van der Waals surface area contributed by atoms with Crippen molar-refractivity contribution in [2.45, 2.75) is 19.5 Å². The van der Waals surface area contributed by atoms with Crippen LogP contribution in [-0.2, 0) is 16.1 Å². The van der Waals surface area contributed by atoms with Crippen LogP contribution in [0.1, 0.15) is 12.5 Å². The Morgan fingerprint density at radius 2 is 1.80 bits per heavy atom. The molecule has 1 saturated heterocycles. The molecule has 0 aliphatic carbocycles. The first kappa shape index (κ1) is 22.2. The second-order valence-corrected chi connectivity index (χ2v) is 7.83. The van der Waals surface area contributed by atoms with Crippen LogP contribution in [0.15, 0.2) is 48.5 Å². The van der Waals surface area contributed by atoms with Gasteiger partial charge in [0.15, 0.2) is 0 Å². The Kier molecular flexibility index (Phi) is 7.79. The normalized spacial score (nSPS) is 16.1. The SMILES string of the molecule is CC(C(=O)Nc1cccc(F)c1)N1CCN(CC(=O)NCc2ccc(Cl)cc2)CC1. The van der Waals surface area contributed by atoms with Gasteiger partial charge in [0, 0.05) is 43.4 Å². The third kappa shape index (κ3) is 6.52. The van der Waals surface area contributed by atoms with Crippen LogP contribution in [0.2, 0.25) is 5.02 Å². The van der Waals surface area contributed by atoms with E-state index in [4.69, 9.17) is 11.6 Å². The molecule has 1 heterocycles. The molecule has 0 saturated carbocycles. The molecule has 1 atom stereocenters. The number of piperazine rings is 1. The molecule has 1 fully saturated rings. The third-order valence-electron chi connectivity index (χ3n) is 5.20. The molecule has 1 unspecified atom stereocenters. The molecule has 6 nitrogen and oxygen atoms in total. The van der Waals surface area contributed by atoms with E-state index in [1.54, 1.807) is 24.3 Å². The van der Waals surface area contributed by atoms with Crippen molar-refractivity contribution in [1.82, 2.24) is 15.1 Å². The smallest absolute Gasteiger partial charge is 0.241 e. The zero-order chi connectivity index (χ0) is 21.5. The lowest BCUT2D eigenvalue weighted by atomic mass is 10.2. The van der Waals surface area contributed by atoms with Crippen molar-refractivity contribution in [2.24, 2.45) is 0 Å². The minimum atomic E-state index is -0.386. The fourth-order valence-electron chi connectivity index (χ4n) is 3.35. The molecular formula is C22H26ClFN4O2. The summed E-state index contributed by atoms with van der Waals surface area (Å²) in [5.74, 6) is -0.589. The van der Waals surface area contributed by atoms with Crippen molar-refractivity contribution in [3.8, 4) is 0 Å². The summed E-state index contributed by atoms with van der Waals surface area (Å²) in [5, 5.41) is 6.34. The van der Waals surface area contributed by atoms with E-state index in [0.29, 0.717) is 50.0 Å². The summed E-state index contributed by atoms with van der Waals surface area (Å²) in [6.07, 6.45) is 0. The third-order valence-corrected chi connectivity index (χ3v) is 5.45. The molecule has 2 aromatic rings. The molecule has 2 amide bonds. The van der Waals surface area contributed by atoms with Crippen molar-refractivity contribution in [3.63, 3.8) is 0 Å². The minimum absolute atomic E-state index is 0.0321. The van der Waals surface area contributed by atoms with Crippen LogP contribution < -0.4 is 10.6 Å². The van der Waals surface area contributed by atoms with E-state index in [-0.39, 0.29) is 23.7 Å². The zero-order valence-corrected chi connectivity index (χ0v) is 17.7. The van der Waals surface area contributed by atoms with Crippen molar-refractivity contribution in [2.75, 3.05) is 38.0 Å². The highest BCUT2D eigenvalue weighted by Crippen LogP contribution is 2.13. The van der Waals surface area contributed by atoms with E-state index in [2.05, 4.69) is 20.4 Å². The van der Waals surface area contributed by atoms with E-state index in [9.17, 15) is 14.0 Å². The van der Waals surface area contributed by atoms with Crippen LogP contribution in [0, 0.1) is 5.82 Å². The van der Waals surface area contributed by atoms with Gasteiger partial charge in [0.05, 0.1) is 12.6 Å². The van der Waals surface area contributed by atoms with Crippen molar-refractivity contribution in [3.05, 3.63) is 64.9 Å². The summed E-state index contributed by atoms with van der Waals surface area (Å²) < 4.78 is 13.3. The monoisotopic (exact) mass is 432 g/mol. The second-order valence-electron chi connectivity index (χ2n) is 7.39. The van der Waals surface area contributed by atoms with Gasteiger partial charge in [-0.05, 0) is 42.8 Å². The first-order valence-electron chi connectivity index (χ1n) is 9.94. The van der Waals surface area contributed by atoms with E-state index in [1.165, 1.54) is 12.1 Å². The lowest BCUT2D eigenvalue weighted by molar-refractivity contribution is -0.124. The number of hydrogen-bond donors (Lipinski definition) is 2. The van der Waals surface area contributed by atoms with Gasteiger partial charge in [-0.1, -0.05) is 29.8 Å². The minimum Gasteiger partial charge on any atom is -0.351 e. The van der Waals surface area contributed by atoms with Crippen LogP contribution in [0.3, 0.4) is 0 Å². The number of nitrogens with one attached hydrogen (secondary N) is 2. The van der Waals surface area contributed by atoms with Gasteiger partial charge < -0.3 is 10.6 Å². The molecule has 0 aromatic heterocycles. The molecule has 0 spiro atoms. The van der Waals surface area contributed by atoms with E-state index < -0.39 is 0 Å². The highest BCUT2D eigenvalue weighted by Gasteiger charge is 2.26. The van der Waals surface area contributed by atoms with Crippen LogP contribution in [0.25, 0.3) is 0 Å².